The van der Waals surface area contributed by atoms with Crippen molar-refractivity contribution in [3.63, 3.8) is 0 Å². The molecule has 0 spiro atoms. The number of hydrogen-bond acceptors (Lipinski definition) is 18. The van der Waals surface area contributed by atoms with Gasteiger partial charge >= 0.3 is 27.0 Å². The van der Waals surface area contributed by atoms with Crippen LogP contribution in [0, 0.1) is 13.8 Å². The predicted molar refractivity (Wildman–Crippen MR) is 176 cm³/mol. The number of aromatic nitrogens is 8. The third-order valence-electron chi connectivity index (χ3n) is 8.46. The van der Waals surface area contributed by atoms with E-state index in [2.05, 4.69) is 38.7 Å². The summed E-state index contributed by atoms with van der Waals surface area (Å²) in [5.74, 6) is 0.0305. The van der Waals surface area contributed by atoms with Gasteiger partial charge in [0, 0.05) is 0 Å². The standard InChI is InChI=1S/C27H33N9O15P2/c1-10-3-12-13(4-11(10)2)35(24-18(32-12)25(42)34-27(43)33-24)5-14(37)19(39)15(38)6-48-52(44,45)51-53(46,47)49-7-16-20(40)21(41)26(50-16)36-9-31-17-22(28)29-8-30-23(17)36/h3-4,8-9,14-16,19-21,26,37-41H,5-7H2,1-2H3,(H5,28,29,30,34,42,43,44,45,46,47)/p+1/t14-,15+,16?,19-,20+,21+,26+/m0/s1. The number of nitrogens with zero attached hydrogens (tertiary/aromatic N) is 6. The Bertz CT molecular complexity index is 2410. The number of aryl methyl sites for hydroxylation is 2. The lowest BCUT2D eigenvalue weighted by atomic mass is 10.1. The highest BCUT2D eigenvalue weighted by molar-refractivity contribution is 7.61. The van der Waals surface area contributed by atoms with Crippen molar-refractivity contribution in [2.75, 3.05) is 18.9 Å². The van der Waals surface area contributed by atoms with E-state index in [1.165, 1.54) is 15.5 Å². The lowest BCUT2D eigenvalue weighted by Gasteiger charge is -2.24. The number of nitrogen functional groups attached to an aromatic ring is 1. The molecular formula is C27H34N9O15P2+. The van der Waals surface area contributed by atoms with Crippen LogP contribution in [-0.2, 0) is 33.8 Å². The largest absolute Gasteiger partial charge is 0.481 e. The monoisotopic (exact) mass is 786 g/mol. The third-order valence-corrected chi connectivity index (χ3v) is 11.1. The van der Waals surface area contributed by atoms with Gasteiger partial charge in [-0.15, -0.1) is 0 Å². The maximum absolute atomic E-state index is 12.5. The minimum Gasteiger partial charge on any atom is -0.388 e. The normalized spacial score (nSPS) is 23.3. The predicted octanol–water partition coefficient (Wildman–Crippen LogP) is -2.96. The van der Waals surface area contributed by atoms with Crippen LogP contribution in [0.5, 0.6) is 0 Å². The van der Waals surface area contributed by atoms with Gasteiger partial charge in [-0.1, -0.05) is 0 Å². The van der Waals surface area contributed by atoms with Crippen LogP contribution >= 0.6 is 15.6 Å². The molecule has 0 aliphatic carbocycles. The SMILES string of the molecule is Cc1cc2nc3c(=O)[nH]c(=O)[nH]c3[n+](C[C@H](O)[C@H](O)[C@H](O)COP(=O)(O)OP(=O)(O)OCC3O[C@@H](n4cnc5c(N)ncnc54)[C@H](O)[C@@H]3O)c2cc1C. The fourth-order valence-corrected chi connectivity index (χ4v) is 7.70. The Hall–Kier alpha value is -4.13. The number of hydrogen-bond donors (Lipinski definition) is 10. The van der Waals surface area contributed by atoms with Crippen LogP contribution < -0.4 is 21.5 Å². The van der Waals surface area contributed by atoms with E-state index in [9.17, 15) is 54.0 Å². The van der Waals surface area contributed by atoms with Crippen LogP contribution in [0.25, 0.3) is 33.4 Å². The number of benzene rings is 1. The van der Waals surface area contributed by atoms with E-state index in [0.717, 1.165) is 17.5 Å². The lowest BCUT2D eigenvalue weighted by Crippen LogP contribution is -2.51. The Balaban J connectivity index is 1.07. The molecule has 0 amide bonds. The first-order chi connectivity index (χ1) is 24.9. The summed E-state index contributed by atoms with van der Waals surface area (Å²) in [5.41, 5.74) is 6.28. The van der Waals surface area contributed by atoms with Crippen LogP contribution in [0.1, 0.15) is 17.4 Å². The maximum atomic E-state index is 12.5. The molecule has 0 saturated carbocycles. The quantitative estimate of drug-likeness (QED) is 0.0324. The van der Waals surface area contributed by atoms with Gasteiger partial charge in [-0.25, -0.2) is 38.4 Å². The number of ether oxygens (including phenoxy) is 1. The van der Waals surface area contributed by atoms with Crippen molar-refractivity contribution in [3.05, 3.63) is 56.8 Å². The first-order valence-corrected chi connectivity index (χ1v) is 18.5. The fourth-order valence-electron chi connectivity index (χ4n) is 5.61. The number of aliphatic hydroxyl groups excluding tert-OH is 5. The first-order valence-electron chi connectivity index (χ1n) is 15.5. The van der Waals surface area contributed by atoms with E-state index < -0.39 is 89.5 Å². The van der Waals surface area contributed by atoms with Crippen molar-refractivity contribution in [2.45, 2.75) is 63.2 Å². The highest BCUT2D eigenvalue weighted by Crippen LogP contribution is 2.60. The molecule has 1 fully saturated rings. The molecule has 0 radical (unpaired) electrons. The van der Waals surface area contributed by atoms with E-state index in [1.807, 2.05) is 0 Å². The smallest absolute Gasteiger partial charge is 0.388 e. The number of nitrogens with two attached hydrogens (primary N) is 1. The average molecular weight is 787 g/mol. The van der Waals surface area contributed by atoms with Gasteiger partial charge in [-0.3, -0.25) is 23.4 Å². The summed E-state index contributed by atoms with van der Waals surface area (Å²) >= 11 is 0. The van der Waals surface area contributed by atoms with Gasteiger partial charge in [0.1, 0.15) is 60.5 Å². The summed E-state index contributed by atoms with van der Waals surface area (Å²) in [4.78, 5) is 65.4. The molecule has 11 N–H and O–H groups in total. The van der Waals surface area contributed by atoms with Crippen LogP contribution in [0.3, 0.4) is 0 Å². The molecule has 53 heavy (non-hydrogen) atoms. The molecule has 6 rings (SSSR count). The first kappa shape index (κ1) is 38.6. The summed E-state index contributed by atoms with van der Waals surface area (Å²) in [6, 6.07) is 3.33. The highest BCUT2D eigenvalue weighted by Gasteiger charge is 2.46. The number of phosphoric ester groups is 2. The van der Waals surface area contributed by atoms with E-state index in [4.69, 9.17) is 15.0 Å². The number of imidazole rings is 1. The van der Waals surface area contributed by atoms with Crippen LogP contribution in [0.4, 0.5) is 5.82 Å². The molecule has 24 nitrogen and oxygen atoms in total. The van der Waals surface area contributed by atoms with Crippen molar-refractivity contribution in [1.29, 1.82) is 0 Å². The summed E-state index contributed by atoms with van der Waals surface area (Å²) < 4.78 is 46.7. The summed E-state index contributed by atoms with van der Waals surface area (Å²) in [6.07, 6.45) is -9.88. The van der Waals surface area contributed by atoms with Gasteiger partial charge in [0.25, 0.3) is 5.56 Å². The van der Waals surface area contributed by atoms with Gasteiger partial charge < -0.3 is 45.8 Å². The van der Waals surface area contributed by atoms with E-state index in [0.29, 0.717) is 11.0 Å². The van der Waals surface area contributed by atoms with E-state index >= 15 is 0 Å². The van der Waals surface area contributed by atoms with Crippen molar-refractivity contribution in [1.82, 2.24) is 34.5 Å². The van der Waals surface area contributed by atoms with Crippen LogP contribution in [0.2, 0.25) is 0 Å². The fraction of sp³-hybridized carbons (Fsp3) is 0.444. The molecule has 5 aromatic rings. The molecule has 1 saturated heterocycles. The minimum absolute atomic E-state index is 0.0305. The molecule has 4 aromatic heterocycles. The molecule has 1 aliphatic heterocycles. The summed E-state index contributed by atoms with van der Waals surface area (Å²) in [5, 5.41) is 53.1. The van der Waals surface area contributed by atoms with Crippen molar-refractivity contribution in [3.8, 4) is 0 Å². The zero-order valence-electron chi connectivity index (χ0n) is 27.5. The molecule has 0 bridgehead atoms. The van der Waals surface area contributed by atoms with Gasteiger partial charge in [-0.2, -0.15) is 9.29 Å². The Morgan fingerprint density at radius 3 is 2.42 bits per heavy atom. The number of nitrogens with one attached hydrogen (secondary N) is 2. The van der Waals surface area contributed by atoms with Gasteiger partial charge in [0.15, 0.2) is 23.2 Å². The maximum Gasteiger partial charge on any atom is 0.481 e. The van der Waals surface area contributed by atoms with E-state index in [-0.39, 0.29) is 28.1 Å². The molecular weight excluding hydrogens is 752 g/mol. The molecule has 286 valence electrons. The van der Waals surface area contributed by atoms with Crippen molar-refractivity contribution in [2.24, 2.45) is 0 Å². The summed E-state index contributed by atoms with van der Waals surface area (Å²) in [6.45, 7) is 0.855. The van der Waals surface area contributed by atoms with Gasteiger partial charge in [-0.05, 0) is 37.1 Å². The number of fused-ring (bicyclic) bond motifs is 3. The molecule has 1 aliphatic rings. The second kappa shape index (κ2) is 14.6. The number of aromatic amines is 2. The van der Waals surface area contributed by atoms with Crippen molar-refractivity contribution >= 4 is 54.8 Å². The highest BCUT2D eigenvalue weighted by atomic mass is 31.3. The number of anilines is 1. The zero-order chi connectivity index (χ0) is 38.6. The van der Waals surface area contributed by atoms with E-state index in [1.54, 1.807) is 26.0 Å². The number of aliphatic hydroxyl groups is 5. The average Bonchev–Trinajstić information content (AvgIpc) is 3.63. The molecule has 26 heteroatoms. The molecule has 9 atom stereocenters. The van der Waals surface area contributed by atoms with Crippen LogP contribution in [-0.4, -0.2) is 120 Å². The Morgan fingerprint density at radius 2 is 1.68 bits per heavy atom. The summed E-state index contributed by atoms with van der Waals surface area (Å²) in [7, 11) is -11.0. The lowest BCUT2D eigenvalue weighted by molar-refractivity contribution is -0.657. The number of phosphoric acid groups is 2. The van der Waals surface area contributed by atoms with Crippen LogP contribution in [0.15, 0.2) is 34.4 Å². The number of H-pyrrole nitrogens is 2. The number of rotatable bonds is 13. The second-order valence-electron chi connectivity index (χ2n) is 12.1. The minimum atomic E-state index is -5.54. The van der Waals surface area contributed by atoms with Crippen molar-refractivity contribution < 1.29 is 67.1 Å². The Labute approximate surface area is 295 Å². The van der Waals surface area contributed by atoms with Gasteiger partial charge in [0.2, 0.25) is 5.52 Å². The topological polar surface area (TPSA) is 365 Å². The van der Waals surface area contributed by atoms with Gasteiger partial charge in [0.05, 0.1) is 19.5 Å². The Kier molecular flexibility index (Phi) is 10.6. The molecule has 5 heterocycles. The second-order valence-corrected chi connectivity index (χ2v) is 15.2. The third kappa shape index (κ3) is 7.91. The molecule has 3 unspecified atom stereocenters. The Morgan fingerprint density at radius 1 is 0.981 bits per heavy atom. The molecule has 1 aromatic carbocycles. The zero-order valence-corrected chi connectivity index (χ0v) is 29.3.